The van der Waals surface area contributed by atoms with Crippen molar-refractivity contribution in [3.8, 4) is 5.75 Å². The minimum absolute atomic E-state index is 0.0214. The maximum absolute atomic E-state index is 14.2. The number of carbonyl (C=O) groups is 3. The second kappa shape index (κ2) is 12.4. The van der Waals surface area contributed by atoms with E-state index in [2.05, 4.69) is 23.5 Å². The van der Waals surface area contributed by atoms with Crippen LogP contribution in [0.3, 0.4) is 0 Å². The molecule has 0 radical (unpaired) electrons. The molecule has 0 bridgehead atoms. The zero-order valence-corrected chi connectivity index (χ0v) is 24.1. The Morgan fingerprint density at radius 3 is 2.48 bits per heavy atom. The van der Waals surface area contributed by atoms with Crippen LogP contribution >= 0.6 is 0 Å². The van der Waals surface area contributed by atoms with Gasteiger partial charge in [0, 0.05) is 32.6 Å². The largest absolute Gasteiger partial charge is 0.508 e. The van der Waals surface area contributed by atoms with Crippen LogP contribution in [0, 0.1) is 11.8 Å². The third-order valence-corrected chi connectivity index (χ3v) is 9.26. The monoisotopic (exact) mass is 568 g/mol. The standard InChI is InChI=1S/C34H40N4O4/c39-29-15-13-24(14-16-29)19-28-22-38-31(37(18-17-32(38)40)34(42)35-20-25-7-2-1-3-8-25)23-36(33(28)41)21-27-11-6-10-26-9-4-5-12-30(26)27/h4-6,9-16,25,28,31,39H,1-3,7-8,17-23H2,(H,35,42)/t28-,31?/m1/s1. The molecule has 1 unspecified atom stereocenters. The van der Waals surface area contributed by atoms with Crippen LogP contribution in [0.15, 0.2) is 66.7 Å². The van der Waals surface area contributed by atoms with Crippen LogP contribution in [-0.4, -0.2) is 70.0 Å². The first-order valence-electron chi connectivity index (χ1n) is 15.3. The molecule has 0 spiro atoms. The number of nitrogens with one attached hydrogen (secondary N) is 1. The molecule has 3 fully saturated rings. The van der Waals surface area contributed by atoms with Gasteiger partial charge in [-0.05, 0) is 59.2 Å². The highest BCUT2D eigenvalue weighted by Gasteiger charge is 2.44. The summed E-state index contributed by atoms with van der Waals surface area (Å²) in [6, 6.07) is 21.0. The number of carbonyl (C=O) groups excluding carboxylic acids is 3. The Morgan fingerprint density at radius 1 is 0.905 bits per heavy atom. The van der Waals surface area contributed by atoms with Crippen molar-refractivity contribution in [1.29, 1.82) is 0 Å². The highest BCUT2D eigenvalue weighted by molar-refractivity contribution is 5.87. The van der Waals surface area contributed by atoms with Gasteiger partial charge < -0.3 is 25.1 Å². The van der Waals surface area contributed by atoms with Gasteiger partial charge in [-0.2, -0.15) is 0 Å². The normalized spacial score (nSPS) is 21.8. The van der Waals surface area contributed by atoms with Crippen LogP contribution < -0.4 is 5.32 Å². The number of fused-ring (bicyclic) bond motifs is 2. The summed E-state index contributed by atoms with van der Waals surface area (Å²) in [7, 11) is 0. The molecule has 4 amide bonds. The van der Waals surface area contributed by atoms with Gasteiger partial charge in [-0.1, -0.05) is 73.9 Å². The van der Waals surface area contributed by atoms with Crippen LogP contribution in [0.4, 0.5) is 4.79 Å². The molecule has 8 heteroatoms. The van der Waals surface area contributed by atoms with Gasteiger partial charge in [0.25, 0.3) is 0 Å². The first-order valence-corrected chi connectivity index (χ1v) is 15.3. The molecule has 0 aromatic heterocycles. The number of aromatic hydroxyl groups is 1. The lowest BCUT2D eigenvalue weighted by molar-refractivity contribution is -0.142. The van der Waals surface area contributed by atoms with Crippen molar-refractivity contribution in [3.05, 3.63) is 77.9 Å². The van der Waals surface area contributed by atoms with E-state index in [4.69, 9.17) is 0 Å². The van der Waals surface area contributed by atoms with Crippen LogP contribution in [0.1, 0.15) is 49.7 Å². The molecule has 2 saturated heterocycles. The van der Waals surface area contributed by atoms with E-state index in [1.165, 1.54) is 19.3 Å². The van der Waals surface area contributed by atoms with E-state index in [0.717, 1.165) is 34.7 Å². The highest BCUT2D eigenvalue weighted by Crippen LogP contribution is 2.29. The quantitative estimate of drug-likeness (QED) is 0.443. The first kappa shape index (κ1) is 28.1. The molecule has 2 heterocycles. The average Bonchev–Trinajstić information content (AvgIpc) is 3.15. The Bertz CT molecular complexity index is 1430. The molecular weight excluding hydrogens is 528 g/mol. The molecule has 2 atom stereocenters. The van der Waals surface area contributed by atoms with Gasteiger partial charge in [0.2, 0.25) is 11.8 Å². The van der Waals surface area contributed by atoms with Crippen molar-refractivity contribution >= 4 is 28.6 Å². The van der Waals surface area contributed by atoms with E-state index in [-0.39, 0.29) is 43.1 Å². The van der Waals surface area contributed by atoms with Crippen molar-refractivity contribution < 1.29 is 19.5 Å². The third kappa shape index (κ3) is 6.08. The van der Waals surface area contributed by atoms with Crippen molar-refractivity contribution in [3.63, 3.8) is 0 Å². The second-order valence-electron chi connectivity index (χ2n) is 12.1. The molecule has 3 aromatic carbocycles. The lowest BCUT2D eigenvalue weighted by Crippen LogP contribution is -2.62. The number of phenolic OH excluding ortho intramolecular Hbond substituents is 1. The molecule has 3 aliphatic rings. The molecule has 8 nitrogen and oxygen atoms in total. The lowest BCUT2D eigenvalue weighted by Gasteiger charge is -2.43. The number of nitrogens with zero attached hydrogens (tertiary/aromatic N) is 3. The number of amides is 4. The Morgan fingerprint density at radius 2 is 1.67 bits per heavy atom. The zero-order chi connectivity index (χ0) is 29.1. The van der Waals surface area contributed by atoms with Gasteiger partial charge in [-0.25, -0.2) is 4.79 Å². The summed E-state index contributed by atoms with van der Waals surface area (Å²) in [6.45, 7) is 1.90. The van der Waals surface area contributed by atoms with Gasteiger partial charge in [0.15, 0.2) is 0 Å². The predicted octanol–water partition coefficient (Wildman–Crippen LogP) is 4.90. The molecule has 2 N–H and O–H groups in total. The van der Waals surface area contributed by atoms with Gasteiger partial charge in [0.05, 0.1) is 12.5 Å². The molecule has 1 aliphatic carbocycles. The Balaban J connectivity index is 1.29. The molecule has 1 saturated carbocycles. The molecule has 220 valence electrons. The first-order chi connectivity index (χ1) is 20.5. The topological polar surface area (TPSA) is 93.2 Å². The van der Waals surface area contributed by atoms with E-state index in [1.54, 1.807) is 21.9 Å². The summed E-state index contributed by atoms with van der Waals surface area (Å²) in [5.41, 5.74) is 1.95. The molecule has 3 aromatic rings. The summed E-state index contributed by atoms with van der Waals surface area (Å²) >= 11 is 0. The lowest BCUT2D eigenvalue weighted by atomic mass is 9.89. The van der Waals surface area contributed by atoms with E-state index in [0.29, 0.717) is 32.0 Å². The van der Waals surface area contributed by atoms with Crippen LogP contribution in [-0.2, 0) is 22.6 Å². The van der Waals surface area contributed by atoms with Gasteiger partial charge >= 0.3 is 6.03 Å². The Kier molecular flexibility index (Phi) is 8.31. The SMILES string of the molecule is O=C1[C@H](Cc2ccc(O)cc2)CN2C(=O)CCN(C(=O)NCC3CCCCC3)C2CN1Cc1cccc2ccccc12. The van der Waals surface area contributed by atoms with Crippen LogP contribution in [0.25, 0.3) is 10.8 Å². The van der Waals surface area contributed by atoms with Gasteiger partial charge in [0.1, 0.15) is 11.9 Å². The molecular formula is C34H40N4O4. The maximum Gasteiger partial charge on any atom is 0.319 e. The Labute approximate surface area is 247 Å². The minimum Gasteiger partial charge on any atom is -0.508 e. The van der Waals surface area contributed by atoms with Crippen molar-refractivity contribution in [2.45, 2.75) is 57.7 Å². The van der Waals surface area contributed by atoms with Crippen LogP contribution in [0.5, 0.6) is 5.75 Å². The van der Waals surface area contributed by atoms with E-state index >= 15 is 0 Å². The minimum atomic E-state index is -0.527. The number of hydrogen-bond acceptors (Lipinski definition) is 4. The van der Waals surface area contributed by atoms with E-state index in [1.807, 2.05) is 41.3 Å². The number of phenols is 1. The molecule has 42 heavy (non-hydrogen) atoms. The highest BCUT2D eigenvalue weighted by atomic mass is 16.3. The summed E-state index contributed by atoms with van der Waals surface area (Å²) < 4.78 is 0. The fourth-order valence-corrected chi connectivity index (χ4v) is 6.93. The summed E-state index contributed by atoms with van der Waals surface area (Å²) in [4.78, 5) is 46.6. The van der Waals surface area contributed by atoms with Crippen molar-refractivity contribution in [1.82, 2.24) is 20.0 Å². The van der Waals surface area contributed by atoms with Gasteiger partial charge in [-0.3, -0.25) is 9.59 Å². The van der Waals surface area contributed by atoms with Crippen molar-refractivity contribution in [2.75, 3.05) is 26.2 Å². The molecule has 6 rings (SSSR count). The van der Waals surface area contributed by atoms with Crippen molar-refractivity contribution in [2.24, 2.45) is 11.8 Å². The smallest absolute Gasteiger partial charge is 0.319 e. The average molecular weight is 569 g/mol. The summed E-state index contributed by atoms with van der Waals surface area (Å²) in [5.74, 6) is 0.152. The van der Waals surface area contributed by atoms with E-state index in [9.17, 15) is 19.5 Å². The third-order valence-electron chi connectivity index (χ3n) is 9.26. The van der Waals surface area contributed by atoms with Crippen LogP contribution in [0.2, 0.25) is 0 Å². The fourth-order valence-electron chi connectivity index (χ4n) is 6.93. The summed E-state index contributed by atoms with van der Waals surface area (Å²) in [5, 5.41) is 15.1. The second-order valence-corrected chi connectivity index (χ2v) is 12.1. The number of rotatable bonds is 6. The fraction of sp³-hybridized carbons (Fsp3) is 0.441. The number of benzene rings is 3. The zero-order valence-electron chi connectivity index (χ0n) is 24.1. The maximum atomic E-state index is 14.2. The predicted molar refractivity (Wildman–Crippen MR) is 161 cm³/mol. The van der Waals surface area contributed by atoms with E-state index < -0.39 is 12.1 Å². The Hall–Kier alpha value is -4.07. The van der Waals surface area contributed by atoms with Gasteiger partial charge in [-0.15, -0.1) is 0 Å². The summed E-state index contributed by atoms with van der Waals surface area (Å²) in [6.07, 6.45) is 6.13. The molecule has 2 aliphatic heterocycles. The number of urea groups is 1. The number of hydrogen-bond donors (Lipinski definition) is 2.